The summed E-state index contributed by atoms with van der Waals surface area (Å²) in [5.74, 6) is 0.688. The van der Waals surface area contributed by atoms with E-state index in [1.54, 1.807) is 6.21 Å². The third-order valence-corrected chi connectivity index (χ3v) is 7.20. The third kappa shape index (κ3) is 7.08. The van der Waals surface area contributed by atoms with Crippen molar-refractivity contribution in [3.63, 3.8) is 0 Å². The number of carbonyl (C=O) groups excluding carboxylic acids is 1. The first-order valence-corrected chi connectivity index (χ1v) is 12.8. The SMILES string of the molecule is O=C(CSc1nc(-c2ccc(Cl)cc2)cs1)N/N=C/c1cccc(OCc2ccccc2Cl)c1. The van der Waals surface area contributed by atoms with Gasteiger partial charge in [-0.15, -0.1) is 11.3 Å². The van der Waals surface area contributed by atoms with Crippen molar-refractivity contribution in [2.75, 3.05) is 5.75 Å². The molecule has 0 atom stereocenters. The molecule has 0 radical (unpaired) electrons. The van der Waals surface area contributed by atoms with Crippen LogP contribution in [0.5, 0.6) is 5.75 Å². The lowest BCUT2D eigenvalue weighted by Crippen LogP contribution is -2.19. The van der Waals surface area contributed by atoms with E-state index < -0.39 is 0 Å². The highest BCUT2D eigenvalue weighted by Crippen LogP contribution is 2.28. The average molecular weight is 528 g/mol. The summed E-state index contributed by atoms with van der Waals surface area (Å²) < 4.78 is 6.63. The van der Waals surface area contributed by atoms with Gasteiger partial charge < -0.3 is 4.74 Å². The van der Waals surface area contributed by atoms with Crippen LogP contribution >= 0.6 is 46.3 Å². The van der Waals surface area contributed by atoms with Crippen molar-refractivity contribution in [3.8, 4) is 17.0 Å². The highest BCUT2D eigenvalue weighted by atomic mass is 35.5. The Kier molecular flexibility index (Phi) is 8.60. The van der Waals surface area contributed by atoms with Gasteiger partial charge in [-0.05, 0) is 35.9 Å². The van der Waals surface area contributed by atoms with E-state index in [1.165, 1.54) is 23.1 Å². The van der Waals surface area contributed by atoms with E-state index in [0.29, 0.717) is 22.4 Å². The topological polar surface area (TPSA) is 63.6 Å². The number of ether oxygens (including phenoxy) is 1. The van der Waals surface area contributed by atoms with Crippen LogP contribution < -0.4 is 10.2 Å². The molecule has 1 aromatic heterocycles. The fourth-order valence-electron chi connectivity index (χ4n) is 2.88. The molecule has 0 aliphatic carbocycles. The number of hydrogen-bond donors (Lipinski definition) is 1. The second kappa shape index (κ2) is 12.0. The van der Waals surface area contributed by atoms with Crippen molar-refractivity contribution < 1.29 is 9.53 Å². The maximum absolute atomic E-state index is 12.2. The fraction of sp³-hybridized carbons (Fsp3) is 0.0800. The number of nitrogens with zero attached hydrogens (tertiary/aromatic N) is 2. The first kappa shape index (κ1) is 24.3. The van der Waals surface area contributed by atoms with Gasteiger partial charge in [0.2, 0.25) is 0 Å². The number of thiazole rings is 1. The smallest absolute Gasteiger partial charge is 0.250 e. The predicted molar refractivity (Wildman–Crippen MR) is 141 cm³/mol. The molecule has 1 heterocycles. The van der Waals surface area contributed by atoms with Crippen LogP contribution in [0.2, 0.25) is 10.0 Å². The van der Waals surface area contributed by atoms with Crippen LogP contribution in [-0.2, 0) is 11.4 Å². The van der Waals surface area contributed by atoms with Gasteiger partial charge in [-0.3, -0.25) is 4.79 Å². The molecule has 0 unspecified atom stereocenters. The summed E-state index contributed by atoms with van der Waals surface area (Å²) in [6, 6.07) is 22.5. The molecule has 3 aromatic carbocycles. The molecular weight excluding hydrogens is 509 g/mol. The van der Waals surface area contributed by atoms with Gasteiger partial charge in [-0.1, -0.05) is 77.4 Å². The molecule has 0 spiro atoms. The van der Waals surface area contributed by atoms with Crippen molar-refractivity contribution >= 4 is 58.4 Å². The van der Waals surface area contributed by atoms with Crippen LogP contribution in [0.4, 0.5) is 0 Å². The lowest BCUT2D eigenvalue weighted by molar-refractivity contribution is -0.118. The second-order valence-corrected chi connectivity index (χ2v) is 9.96. The van der Waals surface area contributed by atoms with E-state index in [9.17, 15) is 4.79 Å². The molecule has 172 valence electrons. The molecule has 4 aromatic rings. The molecular formula is C25H19Cl2N3O2S2. The van der Waals surface area contributed by atoms with E-state index in [4.69, 9.17) is 27.9 Å². The number of amides is 1. The van der Waals surface area contributed by atoms with Gasteiger partial charge in [-0.25, -0.2) is 10.4 Å². The molecule has 34 heavy (non-hydrogen) atoms. The first-order valence-electron chi connectivity index (χ1n) is 10.2. The molecule has 0 aliphatic heterocycles. The zero-order valence-electron chi connectivity index (χ0n) is 17.8. The van der Waals surface area contributed by atoms with Crippen molar-refractivity contribution in [1.29, 1.82) is 0 Å². The monoisotopic (exact) mass is 527 g/mol. The highest BCUT2D eigenvalue weighted by Gasteiger charge is 2.08. The summed E-state index contributed by atoms with van der Waals surface area (Å²) in [5.41, 5.74) is 6.10. The zero-order valence-corrected chi connectivity index (χ0v) is 20.9. The normalized spacial score (nSPS) is 11.0. The maximum atomic E-state index is 12.2. The molecule has 0 aliphatic rings. The van der Waals surface area contributed by atoms with Crippen LogP contribution in [-0.4, -0.2) is 22.9 Å². The Labute approximate surface area is 215 Å². The molecule has 1 N–H and O–H groups in total. The fourth-order valence-corrected chi connectivity index (χ4v) is 4.82. The summed E-state index contributed by atoms with van der Waals surface area (Å²) in [6.07, 6.45) is 1.58. The van der Waals surface area contributed by atoms with Gasteiger partial charge in [0.25, 0.3) is 5.91 Å². The van der Waals surface area contributed by atoms with Gasteiger partial charge in [0.05, 0.1) is 17.7 Å². The summed E-state index contributed by atoms with van der Waals surface area (Å²) in [6.45, 7) is 0.366. The molecule has 0 saturated carbocycles. The van der Waals surface area contributed by atoms with E-state index in [1.807, 2.05) is 78.2 Å². The Hall–Kier alpha value is -2.84. The zero-order chi connectivity index (χ0) is 23.8. The Balaban J connectivity index is 1.24. The van der Waals surface area contributed by atoms with Gasteiger partial charge >= 0.3 is 0 Å². The van der Waals surface area contributed by atoms with Crippen LogP contribution in [0.15, 0.2) is 87.6 Å². The molecule has 9 heteroatoms. The van der Waals surface area contributed by atoms with E-state index in [-0.39, 0.29) is 11.7 Å². The largest absolute Gasteiger partial charge is 0.489 e. The number of hydrogen-bond acceptors (Lipinski definition) is 6. The third-order valence-electron chi connectivity index (χ3n) is 4.56. The molecule has 0 saturated heterocycles. The number of benzene rings is 3. The summed E-state index contributed by atoms with van der Waals surface area (Å²) >= 11 is 15.0. The Morgan fingerprint density at radius 2 is 1.91 bits per heavy atom. The van der Waals surface area contributed by atoms with Crippen molar-refractivity contribution in [2.45, 2.75) is 10.9 Å². The number of halogens is 2. The molecule has 4 rings (SSSR count). The number of thioether (sulfide) groups is 1. The standard InChI is InChI=1S/C25H19Cl2N3O2S2/c26-20-10-8-18(9-11-20)23-15-33-25(29-23)34-16-24(31)30-28-13-17-4-3-6-21(12-17)32-14-19-5-1-2-7-22(19)27/h1-13,15H,14,16H2,(H,30,31)/b28-13+. The molecule has 5 nitrogen and oxygen atoms in total. The lowest BCUT2D eigenvalue weighted by atomic mass is 10.2. The lowest BCUT2D eigenvalue weighted by Gasteiger charge is -2.08. The number of carbonyl (C=O) groups is 1. The minimum absolute atomic E-state index is 0.212. The van der Waals surface area contributed by atoms with Crippen LogP contribution in [0, 0.1) is 0 Å². The Bertz CT molecular complexity index is 1290. The quantitative estimate of drug-likeness (QED) is 0.145. The second-order valence-electron chi connectivity index (χ2n) is 7.04. The average Bonchev–Trinajstić information content (AvgIpc) is 3.32. The van der Waals surface area contributed by atoms with E-state index in [2.05, 4.69) is 15.5 Å². The number of hydrazone groups is 1. The Morgan fingerprint density at radius 1 is 1.09 bits per heavy atom. The van der Waals surface area contributed by atoms with Crippen molar-refractivity contribution in [1.82, 2.24) is 10.4 Å². The summed E-state index contributed by atoms with van der Waals surface area (Å²) in [4.78, 5) is 16.7. The van der Waals surface area contributed by atoms with Gasteiger partial charge in [0.1, 0.15) is 12.4 Å². The van der Waals surface area contributed by atoms with Crippen LogP contribution in [0.1, 0.15) is 11.1 Å². The summed E-state index contributed by atoms with van der Waals surface area (Å²) in [7, 11) is 0. The molecule has 1 amide bonds. The van der Waals surface area contributed by atoms with E-state index in [0.717, 1.165) is 26.7 Å². The van der Waals surface area contributed by atoms with Crippen molar-refractivity contribution in [3.05, 3.63) is 99.3 Å². The minimum atomic E-state index is -0.212. The molecule has 0 bridgehead atoms. The van der Waals surface area contributed by atoms with Crippen molar-refractivity contribution in [2.24, 2.45) is 5.10 Å². The number of aromatic nitrogens is 1. The Morgan fingerprint density at radius 3 is 2.74 bits per heavy atom. The number of rotatable bonds is 9. The van der Waals surface area contributed by atoms with Crippen LogP contribution in [0.3, 0.4) is 0 Å². The molecule has 0 fully saturated rings. The van der Waals surface area contributed by atoms with E-state index >= 15 is 0 Å². The van der Waals surface area contributed by atoms with Gasteiger partial charge in [0, 0.05) is 26.6 Å². The first-order chi connectivity index (χ1) is 16.6. The predicted octanol–water partition coefficient (Wildman–Crippen LogP) is 6.94. The van der Waals surface area contributed by atoms with Gasteiger partial charge in [-0.2, -0.15) is 5.10 Å². The highest BCUT2D eigenvalue weighted by molar-refractivity contribution is 8.01. The number of nitrogens with one attached hydrogen (secondary N) is 1. The van der Waals surface area contributed by atoms with Gasteiger partial charge in [0.15, 0.2) is 4.34 Å². The maximum Gasteiger partial charge on any atom is 0.250 e. The minimum Gasteiger partial charge on any atom is -0.489 e. The van der Waals surface area contributed by atoms with Crippen LogP contribution in [0.25, 0.3) is 11.3 Å². The summed E-state index contributed by atoms with van der Waals surface area (Å²) in [5, 5.41) is 7.35.